The Morgan fingerprint density at radius 1 is 1.45 bits per heavy atom. The summed E-state index contributed by atoms with van der Waals surface area (Å²) in [6.45, 7) is 0. The Morgan fingerprint density at radius 3 is 2.64 bits per heavy atom. The van der Waals surface area contributed by atoms with Crippen molar-refractivity contribution in [3.63, 3.8) is 0 Å². The topological polar surface area (TPSA) is 37.3 Å². The number of hydrogen-bond donors (Lipinski definition) is 1. The number of carboxylic acids is 1. The fraction of sp³-hybridized carbons (Fsp3) is 0.571. The second-order valence-electron chi connectivity index (χ2n) is 2.16. The van der Waals surface area contributed by atoms with Gasteiger partial charge in [0.1, 0.15) is 0 Å². The first-order chi connectivity index (χ1) is 5.29. The lowest BCUT2D eigenvalue weighted by atomic mass is 10.5. The summed E-state index contributed by atoms with van der Waals surface area (Å²) in [7, 11) is 0. The second kappa shape index (κ2) is 4.72. The number of thioether (sulfide) groups is 2. The Kier molecular flexibility index (Phi) is 3.86. The van der Waals surface area contributed by atoms with Crippen LogP contribution in [0.15, 0.2) is 12.2 Å². The molecule has 1 aliphatic heterocycles. The first-order valence-electron chi connectivity index (χ1n) is 3.43. The van der Waals surface area contributed by atoms with Gasteiger partial charge < -0.3 is 5.11 Å². The van der Waals surface area contributed by atoms with E-state index >= 15 is 0 Å². The largest absolute Gasteiger partial charge is 0.478 e. The van der Waals surface area contributed by atoms with Gasteiger partial charge in [0.25, 0.3) is 0 Å². The third kappa shape index (κ3) is 3.72. The van der Waals surface area contributed by atoms with E-state index < -0.39 is 5.97 Å². The minimum absolute atomic E-state index is 0.361. The highest BCUT2D eigenvalue weighted by Gasteiger charge is 2.10. The maximum Gasteiger partial charge on any atom is 0.328 e. The maximum atomic E-state index is 10.1. The van der Waals surface area contributed by atoms with Crippen LogP contribution in [0, 0.1) is 0 Å². The van der Waals surface area contributed by atoms with Gasteiger partial charge in [-0.2, -0.15) is 0 Å². The lowest BCUT2D eigenvalue weighted by molar-refractivity contribution is -0.131. The van der Waals surface area contributed by atoms with Crippen molar-refractivity contribution < 1.29 is 9.90 Å². The molecule has 1 aliphatic rings. The van der Waals surface area contributed by atoms with Crippen molar-refractivity contribution in [2.45, 2.75) is 11.0 Å². The van der Waals surface area contributed by atoms with Crippen LogP contribution in [0.4, 0.5) is 0 Å². The lowest BCUT2D eigenvalue weighted by Gasteiger charge is -2.16. The summed E-state index contributed by atoms with van der Waals surface area (Å²) in [5.74, 6) is 1.46. The van der Waals surface area contributed by atoms with Crippen LogP contribution >= 0.6 is 23.5 Å². The van der Waals surface area contributed by atoms with E-state index in [1.807, 2.05) is 23.5 Å². The SMILES string of the molecule is O=C(O)C=CC1SCCCS1. The third-order valence-corrected chi connectivity index (χ3v) is 4.09. The summed E-state index contributed by atoms with van der Waals surface area (Å²) < 4.78 is 0.361. The minimum Gasteiger partial charge on any atom is -0.478 e. The predicted molar refractivity (Wildman–Crippen MR) is 50.1 cm³/mol. The van der Waals surface area contributed by atoms with Crippen molar-refractivity contribution in [3.8, 4) is 0 Å². The molecular weight excluding hydrogens is 180 g/mol. The van der Waals surface area contributed by atoms with Crippen molar-refractivity contribution in [1.29, 1.82) is 0 Å². The number of aliphatic carboxylic acids is 1. The molecule has 0 unspecified atom stereocenters. The molecule has 0 bridgehead atoms. The summed E-state index contributed by atoms with van der Waals surface area (Å²) in [5.41, 5.74) is 0. The summed E-state index contributed by atoms with van der Waals surface area (Å²) >= 11 is 3.64. The molecule has 1 saturated heterocycles. The summed E-state index contributed by atoms with van der Waals surface area (Å²) in [5, 5.41) is 8.34. The van der Waals surface area contributed by atoms with Gasteiger partial charge >= 0.3 is 5.97 Å². The summed E-state index contributed by atoms with van der Waals surface area (Å²) in [4.78, 5) is 10.1. The Labute approximate surface area is 74.4 Å². The van der Waals surface area contributed by atoms with Crippen LogP contribution in [0.1, 0.15) is 6.42 Å². The van der Waals surface area contributed by atoms with E-state index in [2.05, 4.69) is 0 Å². The average Bonchev–Trinajstić information content (AvgIpc) is 2.03. The van der Waals surface area contributed by atoms with Gasteiger partial charge in [-0.25, -0.2) is 4.79 Å². The zero-order valence-corrected chi connectivity index (χ0v) is 7.66. The quantitative estimate of drug-likeness (QED) is 0.674. The molecule has 0 spiro atoms. The van der Waals surface area contributed by atoms with Crippen LogP contribution < -0.4 is 0 Å². The van der Waals surface area contributed by atoms with Crippen LogP contribution in [-0.2, 0) is 4.79 Å². The molecule has 1 rings (SSSR count). The molecule has 0 aromatic heterocycles. The number of hydrogen-bond acceptors (Lipinski definition) is 3. The minimum atomic E-state index is -0.850. The second-order valence-corrected chi connectivity index (χ2v) is 4.96. The van der Waals surface area contributed by atoms with Gasteiger partial charge in [0.2, 0.25) is 0 Å². The fourth-order valence-electron chi connectivity index (χ4n) is 0.778. The predicted octanol–water partition coefficient (Wildman–Crippen LogP) is 1.82. The average molecular weight is 190 g/mol. The highest BCUT2D eigenvalue weighted by Crippen LogP contribution is 2.31. The van der Waals surface area contributed by atoms with Crippen molar-refractivity contribution >= 4 is 29.5 Å². The molecule has 1 heterocycles. The zero-order valence-electron chi connectivity index (χ0n) is 6.03. The highest BCUT2D eigenvalue weighted by atomic mass is 32.2. The highest BCUT2D eigenvalue weighted by molar-refractivity contribution is 8.17. The molecule has 0 aromatic rings. The summed E-state index contributed by atoms with van der Waals surface area (Å²) in [6, 6.07) is 0. The van der Waals surface area contributed by atoms with Gasteiger partial charge in [0.05, 0.1) is 4.58 Å². The summed E-state index contributed by atoms with van der Waals surface area (Å²) in [6.07, 6.45) is 4.24. The van der Waals surface area contributed by atoms with Crippen LogP contribution in [-0.4, -0.2) is 27.2 Å². The monoisotopic (exact) mass is 190 g/mol. The Hall–Kier alpha value is -0.0900. The Bertz CT molecular complexity index is 162. The van der Waals surface area contributed by atoms with Gasteiger partial charge in [-0.1, -0.05) is 6.08 Å². The van der Waals surface area contributed by atoms with Crippen molar-refractivity contribution in [1.82, 2.24) is 0 Å². The van der Waals surface area contributed by atoms with Crippen molar-refractivity contribution in [3.05, 3.63) is 12.2 Å². The Balaban J connectivity index is 2.29. The Morgan fingerprint density at radius 2 is 2.09 bits per heavy atom. The molecule has 0 aromatic carbocycles. The van der Waals surface area contributed by atoms with Gasteiger partial charge in [-0.3, -0.25) is 0 Å². The van der Waals surface area contributed by atoms with Gasteiger partial charge in [0.15, 0.2) is 0 Å². The smallest absolute Gasteiger partial charge is 0.328 e. The van der Waals surface area contributed by atoms with Crippen molar-refractivity contribution in [2.75, 3.05) is 11.5 Å². The molecule has 4 heteroatoms. The van der Waals surface area contributed by atoms with Crippen LogP contribution in [0.5, 0.6) is 0 Å². The molecule has 11 heavy (non-hydrogen) atoms. The number of carbonyl (C=O) groups is 1. The van der Waals surface area contributed by atoms with Gasteiger partial charge in [-0.15, -0.1) is 23.5 Å². The van der Waals surface area contributed by atoms with E-state index in [1.165, 1.54) is 12.5 Å². The van der Waals surface area contributed by atoms with Crippen LogP contribution in [0.3, 0.4) is 0 Å². The molecule has 0 atom stereocenters. The number of rotatable bonds is 2. The van der Waals surface area contributed by atoms with E-state index in [1.54, 1.807) is 6.08 Å². The first kappa shape index (κ1) is 9.00. The molecule has 2 nitrogen and oxygen atoms in total. The molecule has 0 amide bonds. The molecule has 0 radical (unpaired) electrons. The molecule has 1 N–H and O–H groups in total. The van der Waals surface area contributed by atoms with E-state index in [9.17, 15) is 4.79 Å². The molecule has 0 aliphatic carbocycles. The third-order valence-electron chi connectivity index (χ3n) is 1.25. The fourth-order valence-corrected chi connectivity index (χ4v) is 3.39. The molecule has 62 valence electrons. The van der Waals surface area contributed by atoms with Gasteiger partial charge in [0, 0.05) is 6.08 Å². The number of carboxylic acid groups (broad SMARTS) is 1. The molecule has 1 fully saturated rings. The normalized spacial score (nSPS) is 20.7. The van der Waals surface area contributed by atoms with Gasteiger partial charge in [-0.05, 0) is 17.9 Å². The van der Waals surface area contributed by atoms with Crippen molar-refractivity contribution in [2.24, 2.45) is 0 Å². The maximum absolute atomic E-state index is 10.1. The molecular formula is C7H10O2S2. The van der Waals surface area contributed by atoms with E-state index in [0.29, 0.717) is 4.58 Å². The molecule has 0 saturated carbocycles. The lowest BCUT2D eigenvalue weighted by Crippen LogP contribution is -2.04. The standard InChI is InChI=1S/C7H10O2S2/c8-6(9)2-3-7-10-4-1-5-11-7/h2-3,7H,1,4-5H2,(H,8,9). The van der Waals surface area contributed by atoms with E-state index in [0.717, 1.165) is 11.5 Å². The van der Waals surface area contributed by atoms with E-state index in [4.69, 9.17) is 5.11 Å². The van der Waals surface area contributed by atoms with Crippen LogP contribution in [0.2, 0.25) is 0 Å². The van der Waals surface area contributed by atoms with Crippen LogP contribution in [0.25, 0.3) is 0 Å². The zero-order chi connectivity index (χ0) is 8.10. The van der Waals surface area contributed by atoms with E-state index in [-0.39, 0.29) is 0 Å². The first-order valence-corrected chi connectivity index (χ1v) is 5.53.